The first-order valence-corrected chi connectivity index (χ1v) is 7.39. The molecule has 0 aromatic rings. The molecule has 0 spiro atoms. The van der Waals surface area contributed by atoms with Crippen molar-refractivity contribution in [1.82, 2.24) is 0 Å². The molecule has 0 aromatic heterocycles. The molecule has 0 bridgehead atoms. The van der Waals surface area contributed by atoms with E-state index >= 15 is 0 Å². The molecule has 0 heterocycles. The third kappa shape index (κ3) is 4.71. The molecule has 0 amide bonds. The zero-order valence-corrected chi connectivity index (χ0v) is 13.1. The number of hydrogen-bond donors (Lipinski definition) is 0. The third-order valence-corrected chi connectivity index (χ3v) is 3.28. The van der Waals surface area contributed by atoms with Crippen LogP contribution < -0.4 is 0 Å². The normalized spacial score (nSPS) is 13.5. The summed E-state index contributed by atoms with van der Waals surface area (Å²) >= 11 is 0. The van der Waals surface area contributed by atoms with Gasteiger partial charge in [0.2, 0.25) is 0 Å². The van der Waals surface area contributed by atoms with E-state index in [9.17, 15) is 0 Å². The summed E-state index contributed by atoms with van der Waals surface area (Å²) in [6.07, 6.45) is 16.1. The van der Waals surface area contributed by atoms with Crippen molar-refractivity contribution in [2.24, 2.45) is 4.99 Å². The van der Waals surface area contributed by atoms with Crippen LogP contribution in [0, 0.1) is 0 Å². The molecular weight excluding hydrogens is 266 g/mol. The van der Waals surface area contributed by atoms with Gasteiger partial charge in [-0.05, 0) is 35.3 Å². The lowest BCUT2D eigenvalue weighted by Crippen LogP contribution is -1.70. The summed E-state index contributed by atoms with van der Waals surface area (Å²) in [5.41, 5.74) is 4.97. The van der Waals surface area contributed by atoms with Crippen molar-refractivity contribution < 1.29 is 1.43 Å². The summed E-state index contributed by atoms with van der Waals surface area (Å²) in [5, 5.41) is 0. The Morgan fingerprint density at radius 2 is 1.77 bits per heavy atom. The fourth-order valence-corrected chi connectivity index (χ4v) is 2.13. The lowest BCUT2D eigenvalue weighted by Gasteiger charge is -1.94. The van der Waals surface area contributed by atoms with E-state index in [0.717, 1.165) is 0 Å². The van der Waals surface area contributed by atoms with E-state index in [4.69, 9.17) is 0 Å². The van der Waals surface area contributed by atoms with Crippen molar-refractivity contribution in [3.63, 3.8) is 0 Å². The molecule has 0 aliphatic heterocycles. The minimum atomic E-state index is 0. The van der Waals surface area contributed by atoms with Crippen LogP contribution in [0.1, 0.15) is 13.9 Å². The van der Waals surface area contributed by atoms with Crippen LogP contribution in [-0.4, -0.2) is 13.3 Å². The fraction of sp³-hybridized carbons (Fsp3) is 0.0952. The molecule has 0 atom stereocenters. The molecule has 0 aromatic carbocycles. The van der Waals surface area contributed by atoms with E-state index in [1.807, 2.05) is 24.3 Å². The van der Waals surface area contributed by atoms with E-state index in [0.29, 0.717) is 0 Å². The van der Waals surface area contributed by atoms with Gasteiger partial charge in [-0.25, -0.2) is 0 Å². The third-order valence-electron chi connectivity index (χ3n) is 3.28. The first-order chi connectivity index (χ1) is 10.8. The summed E-state index contributed by atoms with van der Waals surface area (Å²) in [7, 11) is 1.77. The Bertz CT molecular complexity index is 720. The van der Waals surface area contributed by atoms with Gasteiger partial charge in [0.05, 0.1) is 0 Å². The standard InChI is InChI=1S/C21H21N/c1-18(16-17-22-2)10-6-3-4-7-11-19-14-15-20-12-8-5-9-13-21(19)20/h3-17H,1-2H3/p+1/b4-3+,10-6+,11-7+,18-16+,22-17?. The van der Waals surface area contributed by atoms with Crippen molar-refractivity contribution in [1.29, 1.82) is 0 Å². The van der Waals surface area contributed by atoms with Crippen LogP contribution in [0.15, 0.2) is 89.5 Å². The Morgan fingerprint density at radius 3 is 2.64 bits per heavy atom. The molecule has 0 saturated carbocycles. The van der Waals surface area contributed by atoms with E-state index in [1.54, 1.807) is 13.3 Å². The zero-order chi connectivity index (χ0) is 15.6. The summed E-state index contributed by atoms with van der Waals surface area (Å²) in [5.74, 6) is 0. The predicted octanol–water partition coefficient (Wildman–Crippen LogP) is 5.68. The SMILES string of the molecule is CN=C/C=C(C)/C=C/C=C/C=C/c1ccc2cccccc1-2.[H+]. The molecular formula is C21H22N+. The Labute approximate surface area is 134 Å². The highest BCUT2D eigenvalue weighted by molar-refractivity contribution is 5.78. The fourth-order valence-electron chi connectivity index (χ4n) is 2.13. The number of fused-ring (bicyclic) bond motifs is 1. The number of allylic oxidation sites excluding steroid dienone is 7. The van der Waals surface area contributed by atoms with Gasteiger partial charge in [0.15, 0.2) is 0 Å². The van der Waals surface area contributed by atoms with E-state index in [2.05, 4.69) is 72.6 Å². The average Bonchev–Trinajstić information content (AvgIpc) is 2.76. The van der Waals surface area contributed by atoms with Crippen LogP contribution in [0.3, 0.4) is 0 Å². The maximum Gasteiger partial charge on any atom is 1.00 e. The maximum absolute atomic E-state index is 3.93. The second-order valence-corrected chi connectivity index (χ2v) is 4.99. The molecule has 22 heavy (non-hydrogen) atoms. The van der Waals surface area contributed by atoms with E-state index in [-0.39, 0.29) is 1.43 Å². The minimum absolute atomic E-state index is 0. The minimum Gasteiger partial charge on any atom is -0.297 e. The van der Waals surface area contributed by atoms with Crippen LogP contribution in [0.4, 0.5) is 0 Å². The van der Waals surface area contributed by atoms with Crippen LogP contribution in [0.5, 0.6) is 0 Å². The van der Waals surface area contributed by atoms with Crippen molar-refractivity contribution in [2.45, 2.75) is 6.92 Å². The van der Waals surface area contributed by atoms with Crippen LogP contribution in [-0.2, 0) is 0 Å². The Kier molecular flexibility index (Phi) is 6.13. The molecule has 0 fully saturated rings. The lowest BCUT2D eigenvalue weighted by molar-refractivity contribution is 1.46. The van der Waals surface area contributed by atoms with Gasteiger partial charge in [-0.2, -0.15) is 0 Å². The number of hydrogen-bond acceptors (Lipinski definition) is 1. The molecule has 1 heteroatoms. The molecule has 0 N–H and O–H groups in total. The average molecular weight is 288 g/mol. The van der Waals surface area contributed by atoms with E-state index in [1.165, 1.54) is 22.3 Å². The van der Waals surface area contributed by atoms with Crippen LogP contribution in [0.25, 0.3) is 17.2 Å². The summed E-state index contributed by atoms with van der Waals surface area (Å²) in [6, 6.07) is 14.8. The van der Waals surface area contributed by atoms with Gasteiger partial charge in [0.25, 0.3) is 0 Å². The Morgan fingerprint density at radius 1 is 0.955 bits per heavy atom. The Balaban J connectivity index is 0.00000264. The number of nitrogens with zero attached hydrogens (tertiary/aromatic N) is 1. The summed E-state index contributed by atoms with van der Waals surface area (Å²) < 4.78 is 0. The maximum atomic E-state index is 3.93. The molecule has 0 radical (unpaired) electrons. The molecule has 110 valence electrons. The number of rotatable bonds is 5. The quantitative estimate of drug-likeness (QED) is 0.496. The number of aliphatic imine (C=N–C) groups is 1. The highest BCUT2D eigenvalue weighted by atomic mass is 14.6. The first kappa shape index (κ1) is 15.7. The van der Waals surface area contributed by atoms with Gasteiger partial charge in [0, 0.05) is 13.3 Å². The molecule has 0 saturated heterocycles. The highest BCUT2D eigenvalue weighted by Crippen LogP contribution is 2.27. The second kappa shape index (κ2) is 8.58. The monoisotopic (exact) mass is 288 g/mol. The second-order valence-electron chi connectivity index (χ2n) is 4.99. The van der Waals surface area contributed by atoms with Crippen molar-refractivity contribution >= 4 is 12.3 Å². The summed E-state index contributed by atoms with van der Waals surface area (Å²) in [6.45, 7) is 2.05. The van der Waals surface area contributed by atoms with Gasteiger partial charge in [-0.1, -0.05) is 78.9 Å². The van der Waals surface area contributed by atoms with Crippen LogP contribution >= 0.6 is 0 Å². The van der Waals surface area contributed by atoms with Gasteiger partial charge >= 0.3 is 1.43 Å². The summed E-state index contributed by atoms with van der Waals surface area (Å²) in [4.78, 5) is 3.93. The molecule has 2 aliphatic rings. The molecule has 1 nitrogen and oxygen atoms in total. The smallest absolute Gasteiger partial charge is 0.297 e. The zero-order valence-electron chi connectivity index (χ0n) is 14.1. The highest BCUT2D eigenvalue weighted by Gasteiger charge is 2.03. The Hall–Kier alpha value is -2.67. The van der Waals surface area contributed by atoms with E-state index < -0.39 is 0 Å². The predicted molar refractivity (Wildman–Crippen MR) is 99.7 cm³/mol. The largest absolute Gasteiger partial charge is 1.00 e. The molecule has 2 aliphatic carbocycles. The van der Waals surface area contributed by atoms with Crippen LogP contribution in [0.2, 0.25) is 0 Å². The lowest BCUT2D eigenvalue weighted by atomic mass is 10.1. The topological polar surface area (TPSA) is 12.4 Å². The van der Waals surface area contributed by atoms with Crippen molar-refractivity contribution in [2.75, 3.05) is 7.05 Å². The van der Waals surface area contributed by atoms with Gasteiger partial charge in [-0.15, -0.1) is 0 Å². The van der Waals surface area contributed by atoms with Crippen molar-refractivity contribution in [3.05, 3.63) is 90.1 Å². The molecule has 0 unspecified atom stereocenters. The van der Waals surface area contributed by atoms with Gasteiger partial charge in [-0.3, -0.25) is 4.99 Å². The van der Waals surface area contributed by atoms with Gasteiger partial charge in [0.1, 0.15) is 0 Å². The van der Waals surface area contributed by atoms with Crippen molar-refractivity contribution in [3.8, 4) is 11.1 Å². The first-order valence-electron chi connectivity index (χ1n) is 7.39. The molecule has 2 rings (SSSR count). The van der Waals surface area contributed by atoms with Gasteiger partial charge < -0.3 is 0 Å².